The molecule has 1 aromatic carbocycles. The Morgan fingerprint density at radius 2 is 1.95 bits per heavy atom. The lowest BCUT2D eigenvalue weighted by molar-refractivity contribution is -0.173. The molecule has 19 heavy (non-hydrogen) atoms. The molecule has 102 valence electrons. The number of aryl methyl sites for hydroxylation is 1. The van der Waals surface area contributed by atoms with Crippen molar-refractivity contribution in [3.63, 3.8) is 0 Å². The van der Waals surface area contributed by atoms with Crippen LogP contribution >= 0.6 is 0 Å². The van der Waals surface area contributed by atoms with Crippen LogP contribution in [0.4, 0.5) is 0 Å². The molecule has 0 bridgehead atoms. The number of nitrogens with zero attached hydrogens (tertiary/aromatic N) is 1. The molecule has 0 fully saturated rings. The minimum Gasteiger partial charge on any atom is -0.502 e. The molecule has 6 heteroatoms. The molecule has 0 saturated heterocycles. The minimum atomic E-state index is -1.57. The summed E-state index contributed by atoms with van der Waals surface area (Å²) in [5.41, 5.74) is 1.84. The van der Waals surface area contributed by atoms with Crippen LogP contribution in [0, 0.1) is 6.92 Å². The van der Waals surface area contributed by atoms with Gasteiger partial charge in [-0.3, -0.25) is 9.63 Å². The predicted octanol–water partition coefficient (Wildman–Crippen LogP) is 1.41. The van der Waals surface area contributed by atoms with Crippen molar-refractivity contribution in [3.05, 3.63) is 47.2 Å². The summed E-state index contributed by atoms with van der Waals surface area (Å²) < 4.78 is 0. The lowest BCUT2D eigenvalue weighted by Gasteiger charge is -2.19. The normalized spacial score (nSPS) is 11.2. The molecular formula is C13H15NO5. The van der Waals surface area contributed by atoms with Crippen LogP contribution in [0.3, 0.4) is 0 Å². The summed E-state index contributed by atoms with van der Waals surface area (Å²) in [5.74, 6) is -3.34. The summed E-state index contributed by atoms with van der Waals surface area (Å²) in [7, 11) is 1.29. The van der Waals surface area contributed by atoms with E-state index in [1.807, 2.05) is 31.2 Å². The van der Waals surface area contributed by atoms with E-state index in [9.17, 15) is 9.59 Å². The Hall–Kier alpha value is -2.34. The third-order valence-electron chi connectivity index (χ3n) is 2.52. The summed E-state index contributed by atoms with van der Waals surface area (Å²) in [6, 6.07) is 7.41. The highest BCUT2D eigenvalue weighted by Crippen LogP contribution is 2.11. The highest BCUT2D eigenvalue weighted by Gasteiger charge is 2.15. The Morgan fingerprint density at radius 3 is 2.47 bits per heavy atom. The van der Waals surface area contributed by atoms with E-state index in [1.165, 1.54) is 7.11 Å². The van der Waals surface area contributed by atoms with E-state index in [1.54, 1.807) is 0 Å². The van der Waals surface area contributed by atoms with E-state index in [-0.39, 0.29) is 6.54 Å². The van der Waals surface area contributed by atoms with E-state index in [2.05, 4.69) is 0 Å². The topological polar surface area (TPSA) is 87.1 Å². The van der Waals surface area contributed by atoms with Crippen molar-refractivity contribution in [2.75, 3.05) is 7.11 Å². The monoisotopic (exact) mass is 265 g/mol. The Kier molecular flexibility index (Phi) is 5.08. The zero-order valence-corrected chi connectivity index (χ0v) is 10.7. The van der Waals surface area contributed by atoms with Crippen LogP contribution in [-0.4, -0.2) is 34.3 Å². The van der Waals surface area contributed by atoms with Gasteiger partial charge in [0, 0.05) is 0 Å². The molecule has 0 unspecified atom stereocenters. The van der Waals surface area contributed by atoms with Crippen LogP contribution in [0.1, 0.15) is 11.1 Å². The molecule has 0 aliphatic heterocycles. The van der Waals surface area contributed by atoms with Gasteiger partial charge >= 0.3 is 5.97 Å². The molecule has 0 heterocycles. The molecule has 0 atom stereocenters. The van der Waals surface area contributed by atoms with Crippen LogP contribution in [-0.2, 0) is 21.0 Å². The van der Waals surface area contributed by atoms with Gasteiger partial charge in [-0.2, -0.15) is 0 Å². The number of carbonyl (C=O) groups is 2. The molecule has 1 amide bonds. The Labute approximate surface area is 110 Å². The number of carboxylic acids is 1. The van der Waals surface area contributed by atoms with E-state index in [4.69, 9.17) is 15.1 Å². The van der Waals surface area contributed by atoms with Crippen LogP contribution in [0.15, 0.2) is 36.1 Å². The second-order valence-electron chi connectivity index (χ2n) is 3.82. The van der Waals surface area contributed by atoms with Gasteiger partial charge < -0.3 is 10.2 Å². The maximum Gasteiger partial charge on any atom is 0.371 e. The van der Waals surface area contributed by atoms with Crippen molar-refractivity contribution in [1.82, 2.24) is 5.06 Å². The second-order valence-corrected chi connectivity index (χ2v) is 3.82. The average Bonchev–Trinajstić information content (AvgIpc) is 2.37. The molecule has 0 aromatic heterocycles. The minimum absolute atomic E-state index is 0.158. The maximum atomic E-state index is 11.7. The third-order valence-corrected chi connectivity index (χ3v) is 2.52. The number of carboxylic acid groups (broad SMARTS) is 1. The van der Waals surface area contributed by atoms with Gasteiger partial charge in [-0.1, -0.05) is 24.3 Å². The zero-order chi connectivity index (χ0) is 14.4. The van der Waals surface area contributed by atoms with E-state index in [0.29, 0.717) is 6.08 Å². The van der Waals surface area contributed by atoms with E-state index in [0.717, 1.165) is 16.2 Å². The SMILES string of the molecule is CON(Cc1ccccc1C)C(=O)/C=C(\O)C(=O)O. The van der Waals surface area contributed by atoms with Gasteiger partial charge in [-0.05, 0) is 18.1 Å². The summed E-state index contributed by atoms with van der Waals surface area (Å²) in [4.78, 5) is 27.0. The lowest BCUT2D eigenvalue weighted by Crippen LogP contribution is -2.28. The molecule has 0 aliphatic rings. The fourth-order valence-electron chi connectivity index (χ4n) is 1.43. The Balaban J connectivity index is 2.85. The number of rotatable bonds is 5. The predicted molar refractivity (Wildman–Crippen MR) is 67.1 cm³/mol. The first-order valence-electron chi connectivity index (χ1n) is 5.49. The van der Waals surface area contributed by atoms with Gasteiger partial charge in [0.15, 0.2) is 0 Å². The van der Waals surface area contributed by atoms with Crippen LogP contribution in [0.2, 0.25) is 0 Å². The first-order valence-corrected chi connectivity index (χ1v) is 5.49. The number of aliphatic carboxylic acids is 1. The zero-order valence-electron chi connectivity index (χ0n) is 10.7. The van der Waals surface area contributed by atoms with Crippen LogP contribution < -0.4 is 0 Å². The number of carbonyl (C=O) groups excluding carboxylic acids is 1. The number of hydrogen-bond acceptors (Lipinski definition) is 4. The quantitative estimate of drug-likeness (QED) is 0.477. The fourth-order valence-corrected chi connectivity index (χ4v) is 1.43. The molecule has 0 spiro atoms. The number of benzene rings is 1. The summed E-state index contributed by atoms with van der Waals surface area (Å²) in [6.07, 6.45) is 0.601. The third kappa shape index (κ3) is 4.11. The number of aliphatic hydroxyl groups is 1. The summed E-state index contributed by atoms with van der Waals surface area (Å²) in [6.45, 7) is 2.05. The van der Waals surface area contributed by atoms with Gasteiger partial charge in [-0.15, -0.1) is 0 Å². The molecule has 1 rings (SSSR count). The molecule has 2 N–H and O–H groups in total. The van der Waals surface area contributed by atoms with Gasteiger partial charge in [-0.25, -0.2) is 9.86 Å². The van der Waals surface area contributed by atoms with Crippen molar-refractivity contribution < 1.29 is 24.6 Å². The smallest absolute Gasteiger partial charge is 0.371 e. The molecule has 0 aliphatic carbocycles. The number of aliphatic hydroxyl groups excluding tert-OH is 1. The van der Waals surface area contributed by atoms with Crippen molar-refractivity contribution in [2.45, 2.75) is 13.5 Å². The molecule has 1 aromatic rings. The first-order chi connectivity index (χ1) is 8.95. The summed E-state index contributed by atoms with van der Waals surface area (Å²) >= 11 is 0. The maximum absolute atomic E-state index is 11.7. The molecule has 0 saturated carbocycles. The highest BCUT2D eigenvalue weighted by atomic mass is 16.7. The standard InChI is InChI=1S/C13H15NO5/c1-9-5-3-4-6-10(9)8-14(19-2)12(16)7-11(15)13(17)18/h3-7,15H,8H2,1-2H3,(H,17,18)/b11-7-. The van der Waals surface area contributed by atoms with Crippen molar-refractivity contribution in [1.29, 1.82) is 0 Å². The number of hydrogen-bond donors (Lipinski definition) is 2. The highest BCUT2D eigenvalue weighted by molar-refractivity contribution is 5.95. The first kappa shape index (κ1) is 14.7. The lowest BCUT2D eigenvalue weighted by atomic mass is 10.1. The molecule has 0 radical (unpaired) electrons. The van der Waals surface area contributed by atoms with Gasteiger partial charge in [0.05, 0.1) is 19.7 Å². The van der Waals surface area contributed by atoms with Gasteiger partial charge in [0.25, 0.3) is 5.91 Å². The second kappa shape index (κ2) is 6.55. The van der Waals surface area contributed by atoms with Gasteiger partial charge in [0.1, 0.15) is 0 Å². The fraction of sp³-hybridized carbons (Fsp3) is 0.231. The van der Waals surface area contributed by atoms with Gasteiger partial charge in [0.2, 0.25) is 5.76 Å². The Bertz CT molecular complexity index is 510. The van der Waals surface area contributed by atoms with Crippen molar-refractivity contribution >= 4 is 11.9 Å². The van der Waals surface area contributed by atoms with Crippen LogP contribution in [0.25, 0.3) is 0 Å². The largest absolute Gasteiger partial charge is 0.502 e. The summed E-state index contributed by atoms with van der Waals surface area (Å²) in [5, 5.41) is 18.5. The van der Waals surface area contributed by atoms with Crippen molar-refractivity contribution in [2.24, 2.45) is 0 Å². The number of hydroxylamine groups is 2. The van der Waals surface area contributed by atoms with E-state index < -0.39 is 17.6 Å². The molecule has 6 nitrogen and oxygen atoms in total. The number of amides is 1. The van der Waals surface area contributed by atoms with Crippen molar-refractivity contribution in [3.8, 4) is 0 Å². The average molecular weight is 265 g/mol. The van der Waals surface area contributed by atoms with E-state index >= 15 is 0 Å². The molecular weight excluding hydrogens is 250 g/mol. The van der Waals surface area contributed by atoms with Crippen LogP contribution in [0.5, 0.6) is 0 Å². The Morgan fingerprint density at radius 1 is 1.32 bits per heavy atom.